The Morgan fingerprint density at radius 2 is 1.97 bits per heavy atom. The zero-order chi connectivity index (χ0) is 20.0. The number of methoxy groups -OCH3 is 1. The maximum Gasteiger partial charge on any atom is 0.255 e. The highest BCUT2D eigenvalue weighted by Gasteiger charge is 2.47. The van der Waals surface area contributed by atoms with E-state index in [2.05, 4.69) is 15.6 Å². The van der Waals surface area contributed by atoms with Crippen LogP contribution in [-0.4, -0.2) is 48.6 Å². The lowest BCUT2D eigenvalue weighted by Gasteiger charge is -2.47. The molecule has 2 amide bonds. The first-order chi connectivity index (χ1) is 14.2. The first-order valence-corrected chi connectivity index (χ1v) is 10.0. The van der Waals surface area contributed by atoms with Gasteiger partial charge in [-0.2, -0.15) is 0 Å². The molecule has 2 fully saturated rings. The van der Waals surface area contributed by atoms with Gasteiger partial charge in [-0.05, 0) is 37.1 Å². The van der Waals surface area contributed by atoms with Crippen molar-refractivity contribution >= 4 is 17.5 Å². The van der Waals surface area contributed by atoms with E-state index in [-0.39, 0.29) is 36.0 Å². The van der Waals surface area contributed by atoms with Crippen LogP contribution in [-0.2, 0) is 14.3 Å². The summed E-state index contributed by atoms with van der Waals surface area (Å²) in [7, 11) is 1.64. The number of carbonyl (C=O) groups excluding carboxylic acids is 2. The van der Waals surface area contributed by atoms with Gasteiger partial charge in [-0.25, -0.2) is 0 Å². The van der Waals surface area contributed by atoms with E-state index in [9.17, 15) is 9.59 Å². The zero-order valence-electron chi connectivity index (χ0n) is 16.2. The van der Waals surface area contributed by atoms with E-state index in [0.29, 0.717) is 5.57 Å². The number of benzene rings is 1. The first kappa shape index (κ1) is 18.0. The zero-order valence-corrected chi connectivity index (χ0v) is 16.2. The lowest BCUT2D eigenvalue weighted by molar-refractivity contribution is -0.130. The van der Waals surface area contributed by atoms with E-state index in [4.69, 9.17) is 4.74 Å². The molecule has 0 aromatic heterocycles. The van der Waals surface area contributed by atoms with Crippen molar-refractivity contribution in [2.75, 3.05) is 18.7 Å². The van der Waals surface area contributed by atoms with Crippen LogP contribution in [0.4, 0.5) is 5.69 Å². The van der Waals surface area contributed by atoms with Crippen LogP contribution in [0, 0.1) is 5.92 Å². The molecule has 0 bridgehead atoms. The number of carbonyl (C=O) groups is 2. The Hall–Kier alpha value is -3.06. The van der Waals surface area contributed by atoms with E-state index < -0.39 is 0 Å². The van der Waals surface area contributed by atoms with Crippen molar-refractivity contribution in [2.45, 2.75) is 31.1 Å². The van der Waals surface area contributed by atoms with E-state index in [0.717, 1.165) is 30.8 Å². The van der Waals surface area contributed by atoms with Crippen molar-refractivity contribution in [1.82, 2.24) is 15.6 Å². The molecule has 0 radical (unpaired) electrons. The summed E-state index contributed by atoms with van der Waals surface area (Å²) in [6.07, 6.45) is 9.30. The molecule has 3 aliphatic heterocycles. The Bertz CT molecular complexity index is 923. The van der Waals surface area contributed by atoms with Crippen LogP contribution in [0.2, 0.25) is 0 Å². The van der Waals surface area contributed by atoms with Crippen molar-refractivity contribution in [2.24, 2.45) is 5.92 Å². The van der Waals surface area contributed by atoms with Crippen LogP contribution >= 0.6 is 0 Å². The standard InChI is InChI=1S/C22H24N4O3/c1-29-16-9-10-18-14(12-16)13-17(20(27)23-18)22-25-11-5-8-19(25)21(28)24-26(22)15-6-3-2-4-7-15/h2-4,6-7,9-10,12-14,18-19,22H,5,8,11H2,1H3,(H,23,27)(H,24,28)/t14?,18?,19-,22?/m0/s1. The largest absolute Gasteiger partial charge is 0.497 e. The number of rotatable bonds is 3. The highest BCUT2D eigenvalue weighted by atomic mass is 16.5. The van der Waals surface area contributed by atoms with Gasteiger partial charge in [0.1, 0.15) is 11.9 Å². The Kier molecular flexibility index (Phi) is 4.39. The van der Waals surface area contributed by atoms with Crippen LogP contribution in [0.1, 0.15) is 12.8 Å². The summed E-state index contributed by atoms with van der Waals surface area (Å²) in [6, 6.07) is 9.40. The quantitative estimate of drug-likeness (QED) is 0.815. The number of hydrogen-bond acceptors (Lipinski definition) is 5. The predicted molar refractivity (Wildman–Crippen MR) is 108 cm³/mol. The summed E-state index contributed by atoms with van der Waals surface area (Å²) < 4.78 is 5.38. The number of anilines is 1. The average molecular weight is 392 g/mol. The van der Waals surface area contributed by atoms with E-state index in [1.807, 2.05) is 59.6 Å². The molecule has 1 aromatic carbocycles. The van der Waals surface area contributed by atoms with Crippen molar-refractivity contribution in [3.05, 3.63) is 66.0 Å². The molecule has 0 spiro atoms. The Balaban J connectivity index is 1.57. The number of allylic oxidation sites excluding steroid dienone is 1. The summed E-state index contributed by atoms with van der Waals surface area (Å²) in [5, 5.41) is 4.94. The minimum Gasteiger partial charge on any atom is -0.497 e. The molecule has 2 N–H and O–H groups in total. The van der Waals surface area contributed by atoms with E-state index in [1.54, 1.807) is 7.11 Å². The number of fused-ring (bicyclic) bond motifs is 2. The smallest absolute Gasteiger partial charge is 0.255 e. The second kappa shape index (κ2) is 7.08. The molecule has 3 heterocycles. The Morgan fingerprint density at radius 3 is 2.76 bits per heavy atom. The van der Waals surface area contributed by atoms with E-state index in [1.165, 1.54) is 0 Å². The van der Waals surface area contributed by atoms with Gasteiger partial charge in [0.05, 0.1) is 30.5 Å². The third-order valence-electron chi connectivity index (χ3n) is 6.11. The summed E-state index contributed by atoms with van der Waals surface area (Å²) in [5.74, 6) is 0.685. The fourth-order valence-corrected chi connectivity index (χ4v) is 4.71. The van der Waals surface area contributed by atoms with Crippen LogP contribution in [0.25, 0.3) is 0 Å². The Morgan fingerprint density at radius 1 is 1.14 bits per heavy atom. The monoisotopic (exact) mass is 392 g/mol. The number of nitrogens with one attached hydrogen (secondary N) is 2. The molecule has 1 aromatic rings. The molecule has 0 saturated carbocycles. The molecule has 3 unspecified atom stereocenters. The van der Waals surface area contributed by atoms with Gasteiger partial charge in [0.15, 0.2) is 0 Å². The SMILES string of the molecule is COC1=CC2C=C(C3N(c4ccccc4)NC(=O)[C@@H]4CCCN34)C(=O)NC2C=C1. The molecular weight excluding hydrogens is 368 g/mol. The molecule has 5 rings (SSSR count). The van der Waals surface area contributed by atoms with Gasteiger partial charge >= 0.3 is 0 Å². The maximum atomic E-state index is 13.1. The van der Waals surface area contributed by atoms with E-state index >= 15 is 0 Å². The fourth-order valence-electron chi connectivity index (χ4n) is 4.71. The summed E-state index contributed by atoms with van der Waals surface area (Å²) in [5.41, 5.74) is 4.55. The van der Waals surface area contributed by atoms with Crippen molar-refractivity contribution < 1.29 is 14.3 Å². The van der Waals surface area contributed by atoms with Crippen molar-refractivity contribution in [3.63, 3.8) is 0 Å². The summed E-state index contributed by atoms with van der Waals surface area (Å²) in [6.45, 7) is 0.782. The van der Waals surface area contributed by atoms with Gasteiger partial charge in [-0.3, -0.25) is 24.9 Å². The summed E-state index contributed by atoms with van der Waals surface area (Å²) in [4.78, 5) is 28.0. The van der Waals surface area contributed by atoms with Gasteiger partial charge in [-0.15, -0.1) is 0 Å². The van der Waals surface area contributed by atoms with Crippen LogP contribution in [0.5, 0.6) is 0 Å². The highest BCUT2D eigenvalue weighted by Crippen LogP contribution is 2.35. The third kappa shape index (κ3) is 3.02. The first-order valence-electron chi connectivity index (χ1n) is 10.0. The second-order valence-electron chi connectivity index (χ2n) is 7.78. The van der Waals surface area contributed by atoms with Crippen molar-refractivity contribution in [3.8, 4) is 0 Å². The van der Waals surface area contributed by atoms with Crippen molar-refractivity contribution in [1.29, 1.82) is 0 Å². The van der Waals surface area contributed by atoms with Gasteiger partial charge in [-0.1, -0.05) is 30.4 Å². The van der Waals surface area contributed by atoms with Gasteiger partial charge in [0, 0.05) is 12.5 Å². The summed E-state index contributed by atoms with van der Waals surface area (Å²) >= 11 is 0. The Labute approximate surface area is 169 Å². The van der Waals surface area contributed by atoms with Crippen LogP contribution in [0.3, 0.4) is 0 Å². The molecule has 2 saturated heterocycles. The number of ether oxygens (including phenoxy) is 1. The average Bonchev–Trinajstić information content (AvgIpc) is 3.24. The molecule has 7 nitrogen and oxygen atoms in total. The highest BCUT2D eigenvalue weighted by molar-refractivity contribution is 5.98. The lowest BCUT2D eigenvalue weighted by atomic mass is 9.87. The van der Waals surface area contributed by atoms with Crippen LogP contribution in [0.15, 0.2) is 66.0 Å². The molecule has 1 aliphatic carbocycles. The number of hydrazine groups is 1. The number of para-hydroxylation sites is 1. The predicted octanol–water partition coefficient (Wildman–Crippen LogP) is 1.47. The molecule has 4 atom stereocenters. The lowest BCUT2D eigenvalue weighted by Crippen LogP contribution is -2.68. The molecule has 150 valence electrons. The second-order valence-corrected chi connectivity index (χ2v) is 7.78. The normalized spacial score (nSPS) is 31.3. The molecule has 7 heteroatoms. The number of hydrogen-bond donors (Lipinski definition) is 2. The minimum absolute atomic E-state index is 0.0129. The third-order valence-corrected chi connectivity index (χ3v) is 6.11. The molecular formula is C22H24N4O3. The molecule has 29 heavy (non-hydrogen) atoms. The maximum absolute atomic E-state index is 13.1. The molecule has 4 aliphatic rings. The van der Waals surface area contributed by atoms with Crippen LogP contribution < -0.4 is 15.8 Å². The van der Waals surface area contributed by atoms with Gasteiger partial charge in [0.2, 0.25) is 0 Å². The van der Waals surface area contributed by atoms with Gasteiger partial charge in [0.25, 0.3) is 11.8 Å². The fraction of sp³-hybridized carbons (Fsp3) is 0.364. The topological polar surface area (TPSA) is 73.9 Å². The number of amides is 2. The number of nitrogens with zero attached hydrogens (tertiary/aromatic N) is 2. The van der Waals surface area contributed by atoms with Gasteiger partial charge < -0.3 is 10.1 Å². The minimum atomic E-state index is -0.353.